The van der Waals surface area contributed by atoms with Gasteiger partial charge >= 0.3 is 0 Å². The zero-order valence-electron chi connectivity index (χ0n) is 12.8. The lowest BCUT2D eigenvalue weighted by molar-refractivity contribution is 0.797. The minimum atomic E-state index is 0. The average Bonchev–Trinajstić information content (AvgIpc) is 3.12. The minimum Gasteiger partial charge on any atom is -0.357 e. The topological polar surface area (TPSA) is 66.6 Å². The Balaban J connectivity index is 0.00000192. The van der Waals surface area contributed by atoms with E-state index in [2.05, 4.69) is 25.6 Å². The molecule has 8 heteroatoms. The third kappa shape index (κ3) is 4.90. The molecule has 2 N–H and O–H groups in total. The Labute approximate surface area is 156 Å². The molecule has 0 radical (unpaired) electrons. The highest BCUT2D eigenvalue weighted by molar-refractivity contribution is 14.0. The van der Waals surface area contributed by atoms with Crippen molar-refractivity contribution in [2.24, 2.45) is 4.99 Å². The summed E-state index contributed by atoms with van der Waals surface area (Å²) < 4.78 is 2.02. The molecule has 0 aliphatic heterocycles. The maximum atomic E-state index is 4.57. The predicted octanol–water partition coefficient (Wildman–Crippen LogP) is 2.66. The highest BCUT2D eigenvalue weighted by atomic mass is 127. The molecule has 3 heterocycles. The summed E-state index contributed by atoms with van der Waals surface area (Å²) >= 11 is 1.62. The number of nitrogens with one attached hydrogen (secondary N) is 2. The summed E-state index contributed by atoms with van der Waals surface area (Å²) in [5.74, 6) is 0.768. The van der Waals surface area contributed by atoms with Gasteiger partial charge in [0.15, 0.2) is 10.9 Å². The average molecular weight is 442 g/mol. The van der Waals surface area contributed by atoms with Crippen LogP contribution < -0.4 is 10.6 Å². The lowest BCUT2D eigenvalue weighted by Gasteiger charge is -2.10. The quantitative estimate of drug-likeness (QED) is 0.362. The van der Waals surface area contributed by atoms with E-state index in [0.717, 1.165) is 28.9 Å². The van der Waals surface area contributed by atoms with Crippen molar-refractivity contribution in [1.82, 2.24) is 25.0 Å². The SMILES string of the molecule is CCNC(=NCc1cn2ccsc2n1)NCc1ccccn1.I. The number of halogens is 1. The number of aromatic nitrogens is 3. The molecule has 0 aliphatic rings. The van der Waals surface area contributed by atoms with Crippen molar-refractivity contribution in [3.8, 4) is 0 Å². The van der Waals surface area contributed by atoms with Crippen LogP contribution in [0.2, 0.25) is 0 Å². The Morgan fingerprint density at radius 2 is 2.22 bits per heavy atom. The van der Waals surface area contributed by atoms with Gasteiger partial charge in [-0.2, -0.15) is 0 Å². The third-order valence-electron chi connectivity index (χ3n) is 3.05. The van der Waals surface area contributed by atoms with E-state index < -0.39 is 0 Å². The molecule has 0 spiro atoms. The number of aliphatic imine (C=N–C) groups is 1. The minimum absolute atomic E-state index is 0. The second kappa shape index (κ2) is 8.82. The van der Waals surface area contributed by atoms with Crippen LogP contribution in [0.4, 0.5) is 0 Å². The molecular formula is C15H19IN6S. The second-order valence-electron chi connectivity index (χ2n) is 4.69. The molecule has 0 amide bonds. The van der Waals surface area contributed by atoms with Gasteiger partial charge in [-0.1, -0.05) is 6.07 Å². The predicted molar refractivity (Wildman–Crippen MR) is 104 cm³/mol. The van der Waals surface area contributed by atoms with E-state index >= 15 is 0 Å². The first-order valence-corrected chi connectivity index (χ1v) is 8.06. The van der Waals surface area contributed by atoms with Crippen LogP contribution in [0.3, 0.4) is 0 Å². The molecule has 0 atom stereocenters. The van der Waals surface area contributed by atoms with Crippen molar-refractivity contribution in [3.63, 3.8) is 0 Å². The Hall–Kier alpha value is -1.68. The fraction of sp³-hybridized carbons (Fsp3) is 0.267. The van der Waals surface area contributed by atoms with Crippen LogP contribution in [0.1, 0.15) is 18.3 Å². The maximum absolute atomic E-state index is 4.57. The molecular weight excluding hydrogens is 423 g/mol. The van der Waals surface area contributed by atoms with Gasteiger partial charge in [0, 0.05) is 30.5 Å². The van der Waals surface area contributed by atoms with Gasteiger partial charge in [-0.25, -0.2) is 9.98 Å². The van der Waals surface area contributed by atoms with Gasteiger partial charge in [0.1, 0.15) is 0 Å². The third-order valence-corrected chi connectivity index (χ3v) is 3.82. The van der Waals surface area contributed by atoms with E-state index in [4.69, 9.17) is 0 Å². The molecule has 0 saturated carbocycles. The zero-order chi connectivity index (χ0) is 15.2. The molecule has 0 unspecified atom stereocenters. The van der Waals surface area contributed by atoms with Gasteiger partial charge in [-0.3, -0.25) is 9.38 Å². The molecule has 3 aromatic rings. The Bertz CT molecular complexity index is 723. The van der Waals surface area contributed by atoms with Gasteiger partial charge in [0.25, 0.3) is 0 Å². The van der Waals surface area contributed by atoms with Gasteiger partial charge in [0.2, 0.25) is 0 Å². The van der Waals surface area contributed by atoms with E-state index in [0.29, 0.717) is 13.1 Å². The van der Waals surface area contributed by atoms with Crippen LogP contribution in [0, 0.1) is 0 Å². The first kappa shape index (κ1) is 17.7. The number of guanidine groups is 1. The fourth-order valence-electron chi connectivity index (χ4n) is 2.03. The van der Waals surface area contributed by atoms with Crippen LogP contribution in [-0.4, -0.2) is 26.9 Å². The van der Waals surface area contributed by atoms with Crippen LogP contribution in [-0.2, 0) is 13.1 Å². The summed E-state index contributed by atoms with van der Waals surface area (Å²) in [7, 11) is 0. The summed E-state index contributed by atoms with van der Waals surface area (Å²) in [6.45, 7) is 4.05. The lowest BCUT2D eigenvalue weighted by Crippen LogP contribution is -2.37. The Morgan fingerprint density at radius 1 is 1.30 bits per heavy atom. The number of hydrogen-bond donors (Lipinski definition) is 2. The summed E-state index contributed by atoms with van der Waals surface area (Å²) in [6, 6.07) is 5.87. The summed E-state index contributed by atoms with van der Waals surface area (Å²) in [5, 5.41) is 8.53. The molecule has 0 aromatic carbocycles. The second-order valence-corrected chi connectivity index (χ2v) is 5.57. The Kier molecular flexibility index (Phi) is 6.78. The van der Waals surface area contributed by atoms with Crippen LogP contribution in [0.15, 0.2) is 47.2 Å². The van der Waals surface area contributed by atoms with Gasteiger partial charge in [-0.05, 0) is 19.1 Å². The fourth-order valence-corrected chi connectivity index (χ4v) is 2.75. The van der Waals surface area contributed by atoms with Crippen molar-refractivity contribution in [1.29, 1.82) is 0 Å². The van der Waals surface area contributed by atoms with Crippen molar-refractivity contribution in [2.75, 3.05) is 6.54 Å². The zero-order valence-corrected chi connectivity index (χ0v) is 15.9. The summed E-state index contributed by atoms with van der Waals surface area (Å²) in [6.07, 6.45) is 5.81. The van der Waals surface area contributed by atoms with E-state index in [1.54, 1.807) is 17.5 Å². The lowest BCUT2D eigenvalue weighted by atomic mass is 10.3. The number of thiazole rings is 1. The van der Waals surface area contributed by atoms with Crippen molar-refractivity contribution < 1.29 is 0 Å². The smallest absolute Gasteiger partial charge is 0.193 e. The van der Waals surface area contributed by atoms with Gasteiger partial charge < -0.3 is 10.6 Å². The van der Waals surface area contributed by atoms with Crippen LogP contribution >= 0.6 is 35.3 Å². The maximum Gasteiger partial charge on any atom is 0.193 e. The molecule has 6 nitrogen and oxygen atoms in total. The molecule has 122 valence electrons. The molecule has 0 aliphatic carbocycles. The van der Waals surface area contributed by atoms with Gasteiger partial charge in [-0.15, -0.1) is 35.3 Å². The van der Waals surface area contributed by atoms with Crippen LogP contribution in [0.25, 0.3) is 4.96 Å². The first-order chi connectivity index (χ1) is 10.8. The number of pyridine rings is 1. The Morgan fingerprint density at radius 3 is 2.96 bits per heavy atom. The number of fused-ring (bicyclic) bond motifs is 1. The molecule has 3 rings (SSSR count). The number of hydrogen-bond acceptors (Lipinski definition) is 4. The van der Waals surface area contributed by atoms with E-state index in [9.17, 15) is 0 Å². The molecule has 3 aromatic heterocycles. The normalized spacial score (nSPS) is 11.3. The van der Waals surface area contributed by atoms with Gasteiger partial charge in [0.05, 0.1) is 24.5 Å². The number of imidazole rings is 1. The highest BCUT2D eigenvalue weighted by Gasteiger charge is 2.03. The number of nitrogens with zero attached hydrogens (tertiary/aromatic N) is 4. The van der Waals surface area contributed by atoms with E-state index in [-0.39, 0.29) is 24.0 Å². The summed E-state index contributed by atoms with van der Waals surface area (Å²) in [4.78, 5) is 14.4. The standard InChI is InChI=1S/C15H18N6S.HI/c1-2-16-14(18-9-12-5-3-4-6-17-12)19-10-13-11-21-7-8-22-15(21)20-13;/h3-8,11H,2,9-10H2,1H3,(H2,16,18,19);1H. The van der Waals surface area contributed by atoms with E-state index in [1.807, 2.05) is 47.3 Å². The first-order valence-electron chi connectivity index (χ1n) is 7.18. The van der Waals surface area contributed by atoms with Crippen LogP contribution in [0.5, 0.6) is 0 Å². The molecule has 0 fully saturated rings. The largest absolute Gasteiger partial charge is 0.357 e. The van der Waals surface area contributed by atoms with Crippen molar-refractivity contribution in [3.05, 3.63) is 53.6 Å². The highest BCUT2D eigenvalue weighted by Crippen LogP contribution is 2.11. The molecule has 23 heavy (non-hydrogen) atoms. The summed E-state index contributed by atoms with van der Waals surface area (Å²) in [5.41, 5.74) is 1.94. The molecule has 0 bridgehead atoms. The van der Waals surface area contributed by atoms with E-state index in [1.165, 1.54) is 0 Å². The molecule has 0 saturated heterocycles. The number of rotatable bonds is 5. The van der Waals surface area contributed by atoms with Crippen molar-refractivity contribution in [2.45, 2.75) is 20.0 Å². The van der Waals surface area contributed by atoms with Crippen molar-refractivity contribution >= 4 is 46.2 Å². The monoisotopic (exact) mass is 442 g/mol.